The minimum absolute atomic E-state index is 0.0437. The van der Waals surface area contributed by atoms with Crippen LogP contribution in [0.15, 0.2) is 18.2 Å². The molecule has 10 heteroatoms. The van der Waals surface area contributed by atoms with E-state index in [1.807, 2.05) is 19.6 Å². The largest absolute Gasteiger partial charge is 0.374 e. The Bertz CT molecular complexity index is 1350. The third kappa shape index (κ3) is 4.63. The van der Waals surface area contributed by atoms with Crippen LogP contribution in [0.3, 0.4) is 0 Å². The number of amides is 2. The van der Waals surface area contributed by atoms with Gasteiger partial charge in [0.25, 0.3) is 11.7 Å². The minimum atomic E-state index is -1.89. The first-order chi connectivity index (χ1) is 16.2. The van der Waals surface area contributed by atoms with Crippen molar-refractivity contribution in [3.05, 3.63) is 52.1 Å². The predicted molar refractivity (Wildman–Crippen MR) is 131 cm³/mol. The van der Waals surface area contributed by atoms with Gasteiger partial charge in [-0.25, -0.2) is 4.39 Å². The normalized spacial score (nSPS) is 14.2. The Morgan fingerprint density at radius 1 is 1.23 bits per heavy atom. The lowest BCUT2D eigenvalue weighted by molar-refractivity contribution is -0.119. The summed E-state index contributed by atoms with van der Waals surface area (Å²) >= 11 is 0. The lowest BCUT2D eigenvalue weighted by Crippen LogP contribution is -2.65. The molecule has 3 rings (SSSR count). The highest BCUT2D eigenvalue weighted by molar-refractivity contribution is 6.83. The molecule has 1 aliphatic heterocycles. The number of benzene rings is 1. The van der Waals surface area contributed by atoms with Gasteiger partial charge in [-0.2, -0.15) is 5.26 Å². The maximum atomic E-state index is 14.1. The van der Waals surface area contributed by atoms with Crippen molar-refractivity contribution in [2.24, 2.45) is 12.8 Å². The number of carbonyl (C=O) groups is 3. The van der Waals surface area contributed by atoms with Crippen LogP contribution >= 0.6 is 0 Å². The number of ether oxygens (including phenoxy) is 1. The van der Waals surface area contributed by atoms with Crippen LogP contribution in [0, 0.1) is 42.5 Å². The van der Waals surface area contributed by atoms with E-state index in [2.05, 4.69) is 11.5 Å². The quantitative estimate of drug-likeness (QED) is 0.297. The molecule has 1 saturated heterocycles. The molecule has 0 aliphatic carbocycles. The summed E-state index contributed by atoms with van der Waals surface area (Å²) in [5.41, 5.74) is 8.31. The summed E-state index contributed by atoms with van der Waals surface area (Å²) in [6.07, 6.45) is 0. The summed E-state index contributed by atoms with van der Waals surface area (Å²) in [6.45, 7) is 9.37. The Morgan fingerprint density at radius 3 is 2.31 bits per heavy atom. The Hall–Kier alpha value is -3.73. The first-order valence-corrected chi connectivity index (χ1v) is 14.4. The van der Waals surface area contributed by atoms with Crippen LogP contribution in [0.2, 0.25) is 19.6 Å². The second-order valence-electron chi connectivity index (χ2n) is 9.63. The second kappa shape index (κ2) is 9.14. The first kappa shape index (κ1) is 25.9. The van der Waals surface area contributed by atoms with E-state index in [-0.39, 0.29) is 35.7 Å². The molecule has 1 aromatic carbocycles. The molecule has 2 N–H and O–H groups in total. The van der Waals surface area contributed by atoms with Crippen molar-refractivity contribution in [1.29, 1.82) is 5.26 Å². The van der Waals surface area contributed by atoms with Crippen molar-refractivity contribution in [1.82, 2.24) is 4.57 Å². The number of ketones is 1. The standard InChI is InChI=1S/C25H27FN4O4Si/c1-15-20(16(2)29(3)21(15)23(28)32)22(31)24(33)30(18-7-8-19(26)17(11-18)12-27)25(13-34-14-25)9-10-35(4,5)6/h7-8,11H,13-14H2,1-6H3,(H2,28,32). The molecule has 0 unspecified atom stereocenters. The van der Waals surface area contributed by atoms with Crippen LogP contribution in [-0.4, -0.2) is 49.0 Å². The van der Waals surface area contributed by atoms with E-state index in [0.717, 1.165) is 6.07 Å². The number of rotatable bonds is 5. The molecule has 0 saturated carbocycles. The molecule has 8 nitrogen and oxygen atoms in total. The van der Waals surface area contributed by atoms with E-state index in [4.69, 9.17) is 10.5 Å². The zero-order valence-electron chi connectivity index (χ0n) is 20.6. The number of nitrogens with zero attached hydrogens (tertiary/aromatic N) is 3. The summed E-state index contributed by atoms with van der Waals surface area (Å²) in [4.78, 5) is 40.6. The molecule has 0 radical (unpaired) electrons. The summed E-state index contributed by atoms with van der Waals surface area (Å²) in [5, 5.41) is 9.34. The van der Waals surface area contributed by atoms with Gasteiger partial charge in [0, 0.05) is 18.4 Å². The number of carbonyl (C=O) groups excluding carboxylic acids is 3. The number of primary amides is 1. The molecule has 0 bridgehead atoms. The molecule has 2 amide bonds. The van der Waals surface area contributed by atoms with Crippen LogP contribution < -0.4 is 10.6 Å². The Kier molecular flexibility index (Phi) is 6.76. The molecule has 2 aromatic rings. The number of hydrogen-bond acceptors (Lipinski definition) is 5. The molecule has 0 spiro atoms. The molecule has 182 valence electrons. The number of Topliss-reactive ketones (excluding diaryl/α,β-unsaturated/α-hetero) is 1. The third-order valence-electron chi connectivity index (χ3n) is 5.90. The van der Waals surface area contributed by atoms with Crippen molar-refractivity contribution in [3.8, 4) is 17.5 Å². The Labute approximate surface area is 204 Å². The molecule has 1 aliphatic rings. The van der Waals surface area contributed by atoms with Gasteiger partial charge in [-0.1, -0.05) is 25.6 Å². The predicted octanol–water partition coefficient (Wildman–Crippen LogP) is 2.62. The first-order valence-electron chi connectivity index (χ1n) is 10.9. The van der Waals surface area contributed by atoms with Gasteiger partial charge in [-0.15, -0.1) is 5.54 Å². The molecule has 2 heterocycles. The molecule has 1 aromatic heterocycles. The van der Waals surface area contributed by atoms with E-state index < -0.39 is 37.0 Å². The average molecular weight is 495 g/mol. The van der Waals surface area contributed by atoms with E-state index in [0.29, 0.717) is 11.3 Å². The fourth-order valence-corrected chi connectivity index (χ4v) is 4.63. The SMILES string of the molecule is Cc1c(C(=O)C(=O)N(c2ccc(F)c(C#N)c2)C2(C#C[Si](C)(C)C)COC2)c(C)n(C)c1C(N)=O. The highest BCUT2D eigenvalue weighted by atomic mass is 28.3. The van der Waals surface area contributed by atoms with Crippen molar-refractivity contribution in [2.75, 3.05) is 18.1 Å². The fourth-order valence-electron chi connectivity index (χ4n) is 4.02. The Balaban J connectivity index is 2.22. The molecule has 0 atom stereocenters. The van der Waals surface area contributed by atoms with E-state index >= 15 is 0 Å². The van der Waals surface area contributed by atoms with Crippen LogP contribution in [0.5, 0.6) is 0 Å². The van der Waals surface area contributed by atoms with Crippen LogP contribution in [0.1, 0.15) is 37.7 Å². The second-order valence-corrected chi connectivity index (χ2v) is 14.4. The molecule has 35 heavy (non-hydrogen) atoms. The van der Waals surface area contributed by atoms with E-state index in [9.17, 15) is 24.0 Å². The van der Waals surface area contributed by atoms with Gasteiger partial charge >= 0.3 is 5.91 Å². The number of nitrogens with two attached hydrogens (primary N) is 1. The average Bonchev–Trinajstić information content (AvgIpc) is 2.97. The zero-order chi connectivity index (χ0) is 26.3. The van der Waals surface area contributed by atoms with Gasteiger partial charge in [-0.3, -0.25) is 19.3 Å². The molecular formula is C25H27FN4O4Si. The topological polar surface area (TPSA) is 118 Å². The fraction of sp³-hybridized carbons (Fsp3) is 0.360. The summed E-state index contributed by atoms with van der Waals surface area (Å²) in [5.74, 6) is -0.110. The number of nitriles is 1. The lowest BCUT2D eigenvalue weighted by Gasteiger charge is -2.45. The summed E-state index contributed by atoms with van der Waals surface area (Å²) < 4.78 is 21.0. The number of halogens is 1. The maximum absolute atomic E-state index is 14.1. The van der Waals surface area contributed by atoms with E-state index in [1.165, 1.54) is 21.6 Å². The maximum Gasteiger partial charge on any atom is 0.300 e. The van der Waals surface area contributed by atoms with Crippen LogP contribution in [0.25, 0.3) is 0 Å². The van der Waals surface area contributed by atoms with Crippen molar-refractivity contribution < 1.29 is 23.5 Å². The molecular weight excluding hydrogens is 467 g/mol. The van der Waals surface area contributed by atoms with Crippen LogP contribution in [0.4, 0.5) is 10.1 Å². The van der Waals surface area contributed by atoms with Gasteiger partial charge in [0.05, 0.1) is 24.3 Å². The highest BCUT2D eigenvalue weighted by Crippen LogP contribution is 2.33. The van der Waals surface area contributed by atoms with Crippen molar-refractivity contribution in [3.63, 3.8) is 0 Å². The van der Waals surface area contributed by atoms with Gasteiger partial charge in [0.1, 0.15) is 25.7 Å². The zero-order valence-corrected chi connectivity index (χ0v) is 21.6. The van der Waals surface area contributed by atoms with Gasteiger partial charge in [-0.05, 0) is 37.6 Å². The van der Waals surface area contributed by atoms with Gasteiger partial charge < -0.3 is 15.0 Å². The van der Waals surface area contributed by atoms with Crippen LogP contribution in [-0.2, 0) is 16.6 Å². The number of anilines is 1. The monoisotopic (exact) mass is 494 g/mol. The highest BCUT2D eigenvalue weighted by Gasteiger charge is 2.49. The lowest BCUT2D eigenvalue weighted by atomic mass is 9.93. The number of aromatic nitrogens is 1. The van der Waals surface area contributed by atoms with E-state index in [1.54, 1.807) is 27.0 Å². The third-order valence-corrected chi connectivity index (χ3v) is 6.77. The van der Waals surface area contributed by atoms with Gasteiger partial charge in [0.15, 0.2) is 5.54 Å². The van der Waals surface area contributed by atoms with Crippen molar-refractivity contribution >= 4 is 31.4 Å². The van der Waals surface area contributed by atoms with Gasteiger partial charge in [0.2, 0.25) is 0 Å². The molecule has 1 fully saturated rings. The smallest absolute Gasteiger partial charge is 0.300 e. The summed E-state index contributed by atoms with van der Waals surface area (Å²) in [7, 11) is -0.305. The summed E-state index contributed by atoms with van der Waals surface area (Å²) in [6, 6.07) is 5.38. The van der Waals surface area contributed by atoms with Crippen molar-refractivity contribution in [2.45, 2.75) is 39.0 Å². The minimum Gasteiger partial charge on any atom is -0.374 e. The Morgan fingerprint density at radius 2 is 1.86 bits per heavy atom. The number of hydrogen-bond donors (Lipinski definition) is 1.